The van der Waals surface area contributed by atoms with Crippen LogP contribution in [0.1, 0.15) is 59.4 Å². The molecule has 2 unspecified atom stereocenters. The molecule has 1 aliphatic heterocycles. The van der Waals surface area contributed by atoms with Crippen molar-refractivity contribution < 1.29 is 0 Å². The van der Waals surface area contributed by atoms with Crippen LogP contribution in [0.15, 0.2) is 24.3 Å². The van der Waals surface area contributed by atoms with Crippen molar-refractivity contribution in [2.24, 2.45) is 0 Å². The number of rotatable bonds is 4. The average Bonchev–Trinajstić information content (AvgIpc) is 2.77. The number of nitrogens with one attached hydrogen (secondary N) is 1. The maximum Gasteiger partial charge on any atom is 0.0416 e. The molecule has 2 atom stereocenters. The Morgan fingerprint density at radius 3 is 2.55 bits per heavy atom. The van der Waals surface area contributed by atoms with Crippen molar-refractivity contribution in [3.05, 3.63) is 29.8 Å². The molecule has 0 aliphatic carbocycles. The maximum absolute atomic E-state index is 3.62. The Morgan fingerprint density at radius 1 is 1.20 bits per heavy atom. The quantitative estimate of drug-likeness (QED) is 0.878. The van der Waals surface area contributed by atoms with Crippen LogP contribution in [0.4, 0.5) is 5.69 Å². The lowest BCUT2D eigenvalue weighted by molar-refractivity contribution is 0.424. The Kier molecular flexibility index (Phi) is 4.74. The van der Waals surface area contributed by atoms with Crippen LogP contribution in [-0.4, -0.2) is 17.6 Å². The molecule has 2 rings (SSSR count). The first-order chi connectivity index (χ1) is 9.42. The fraction of sp³-hybridized carbons (Fsp3) is 0.667. The third kappa shape index (κ3) is 3.54. The van der Waals surface area contributed by atoms with Crippen molar-refractivity contribution in [3.63, 3.8) is 0 Å². The molecule has 1 aromatic carbocycles. The minimum atomic E-state index is 0.161. The molecule has 2 nitrogen and oxygen atoms in total. The van der Waals surface area contributed by atoms with Gasteiger partial charge in [-0.05, 0) is 58.6 Å². The van der Waals surface area contributed by atoms with Gasteiger partial charge in [-0.2, -0.15) is 0 Å². The highest BCUT2D eigenvalue weighted by Crippen LogP contribution is 2.34. The molecule has 0 saturated carbocycles. The summed E-state index contributed by atoms with van der Waals surface area (Å²) in [5.41, 5.74) is 3.02. The van der Waals surface area contributed by atoms with E-state index in [0.717, 1.165) is 6.54 Å². The van der Waals surface area contributed by atoms with Gasteiger partial charge in [0.15, 0.2) is 0 Å². The smallest absolute Gasteiger partial charge is 0.0416 e. The molecule has 20 heavy (non-hydrogen) atoms. The highest BCUT2D eigenvalue weighted by Gasteiger charge is 2.30. The van der Waals surface area contributed by atoms with Crippen molar-refractivity contribution in [2.45, 2.75) is 78.0 Å². The van der Waals surface area contributed by atoms with Crippen LogP contribution >= 0.6 is 0 Å². The van der Waals surface area contributed by atoms with E-state index in [0.29, 0.717) is 12.1 Å². The van der Waals surface area contributed by atoms with Gasteiger partial charge in [-0.15, -0.1) is 0 Å². The number of hydrogen-bond acceptors (Lipinski definition) is 2. The van der Waals surface area contributed by atoms with E-state index in [1.807, 2.05) is 0 Å². The first-order valence-corrected chi connectivity index (χ1v) is 8.03. The summed E-state index contributed by atoms with van der Waals surface area (Å²) in [6, 6.07) is 10.3. The molecule has 0 spiro atoms. The van der Waals surface area contributed by atoms with Crippen molar-refractivity contribution in [3.8, 4) is 0 Å². The summed E-state index contributed by atoms with van der Waals surface area (Å²) in [7, 11) is 0. The lowest BCUT2D eigenvalue weighted by Gasteiger charge is -2.33. The second-order valence-corrected chi connectivity index (χ2v) is 7.13. The van der Waals surface area contributed by atoms with Crippen LogP contribution in [0.2, 0.25) is 0 Å². The first-order valence-electron chi connectivity index (χ1n) is 8.03. The van der Waals surface area contributed by atoms with E-state index in [-0.39, 0.29) is 5.54 Å². The van der Waals surface area contributed by atoms with E-state index >= 15 is 0 Å². The zero-order valence-electron chi connectivity index (χ0n) is 13.7. The monoisotopic (exact) mass is 274 g/mol. The maximum atomic E-state index is 3.62. The summed E-state index contributed by atoms with van der Waals surface area (Å²) in [6.07, 6.45) is 3.89. The SMILES string of the molecule is CCC1CCC(C)N1c1ccccc1CNC(C)(C)C. The molecule has 1 aromatic rings. The molecule has 1 heterocycles. The molecule has 0 amide bonds. The van der Waals surface area contributed by atoms with Gasteiger partial charge in [0.05, 0.1) is 0 Å². The molecule has 112 valence electrons. The second kappa shape index (κ2) is 6.17. The standard InChI is InChI=1S/C18H30N2/c1-6-16-12-11-14(2)20(16)17-10-8-7-9-15(17)13-19-18(3,4)5/h7-10,14,16,19H,6,11-13H2,1-5H3. The minimum absolute atomic E-state index is 0.161. The molecule has 0 radical (unpaired) electrons. The predicted octanol–water partition coefficient (Wildman–Crippen LogP) is 4.34. The summed E-state index contributed by atoms with van der Waals surface area (Å²) >= 11 is 0. The van der Waals surface area contributed by atoms with Crippen molar-refractivity contribution >= 4 is 5.69 Å². The number of hydrogen-bond donors (Lipinski definition) is 1. The molecule has 1 fully saturated rings. The van der Waals surface area contributed by atoms with Gasteiger partial charge in [0, 0.05) is 29.9 Å². The van der Waals surface area contributed by atoms with E-state index in [2.05, 4.69) is 69.1 Å². The van der Waals surface area contributed by atoms with Crippen LogP contribution in [0, 0.1) is 0 Å². The van der Waals surface area contributed by atoms with Crippen molar-refractivity contribution in [2.75, 3.05) is 4.90 Å². The van der Waals surface area contributed by atoms with Crippen LogP contribution in [-0.2, 0) is 6.54 Å². The third-order valence-corrected chi connectivity index (χ3v) is 4.34. The normalized spacial score (nSPS) is 23.4. The molecule has 0 aromatic heterocycles. The van der Waals surface area contributed by atoms with E-state index in [1.165, 1.54) is 30.5 Å². The Hall–Kier alpha value is -1.02. The largest absolute Gasteiger partial charge is 0.366 e. The summed E-state index contributed by atoms with van der Waals surface area (Å²) < 4.78 is 0. The molecular formula is C18H30N2. The van der Waals surface area contributed by atoms with E-state index in [1.54, 1.807) is 0 Å². The van der Waals surface area contributed by atoms with Gasteiger partial charge in [-0.3, -0.25) is 0 Å². The highest BCUT2D eigenvalue weighted by atomic mass is 15.2. The molecular weight excluding hydrogens is 244 g/mol. The summed E-state index contributed by atoms with van der Waals surface area (Å²) in [5, 5.41) is 3.62. The first kappa shape index (κ1) is 15.4. The van der Waals surface area contributed by atoms with E-state index < -0.39 is 0 Å². The van der Waals surface area contributed by atoms with Gasteiger partial charge in [0.2, 0.25) is 0 Å². The Balaban J connectivity index is 2.23. The molecule has 1 saturated heterocycles. The van der Waals surface area contributed by atoms with Gasteiger partial charge in [-0.25, -0.2) is 0 Å². The summed E-state index contributed by atoms with van der Waals surface area (Å²) in [5.74, 6) is 0. The third-order valence-electron chi connectivity index (χ3n) is 4.34. The van der Waals surface area contributed by atoms with Gasteiger partial charge >= 0.3 is 0 Å². The predicted molar refractivity (Wildman–Crippen MR) is 88.3 cm³/mol. The number of benzene rings is 1. The Labute approximate surface area is 124 Å². The second-order valence-electron chi connectivity index (χ2n) is 7.13. The minimum Gasteiger partial charge on any atom is -0.366 e. The molecule has 2 heteroatoms. The van der Waals surface area contributed by atoms with Gasteiger partial charge in [0.25, 0.3) is 0 Å². The topological polar surface area (TPSA) is 15.3 Å². The van der Waals surface area contributed by atoms with Crippen molar-refractivity contribution in [1.29, 1.82) is 0 Å². The van der Waals surface area contributed by atoms with Crippen LogP contribution < -0.4 is 10.2 Å². The number of para-hydroxylation sites is 1. The molecule has 1 N–H and O–H groups in total. The average molecular weight is 274 g/mol. The van der Waals surface area contributed by atoms with Gasteiger partial charge in [-0.1, -0.05) is 25.1 Å². The highest BCUT2D eigenvalue weighted by molar-refractivity contribution is 5.56. The summed E-state index contributed by atoms with van der Waals surface area (Å²) in [6.45, 7) is 12.3. The fourth-order valence-corrected chi connectivity index (χ4v) is 3.18. The van der Waals surface area contributed by atoms with Gasteiger partial charge < -0.3 is 10.2 Å². The van der Waals surface area contributed by atoms with Crippen LogP contribution in [0.3, 0.4) is 0 Å². The van der Waals surface area contributed by atoms with Gasteiger partial charge in [0.1, 0.15) is 0 Å². The number of nitrogens with zero attached hydrogens (tertiary/aromatic N) is 1. The number of anilines is 1. The van der Waals surface area contributed by atoms with Crippen LogP contribution in [0.25, 0.3) is 0 Å². The van der Waals surface area contributed by atoms with Crippen LogP contribution in [0.5, 0.6) is 0 Å². The van der Waals surface area contributed by atoms with E-state index in [4.69, 9.17) is 0 Å². The molecule has 0 bridgehead atoms. The van der Waals surface area contributed by atoms with E-state index in [9.17, 15) is 0 Å². The Morgan fingerprint density at radius 2 is 1.90 bits per heavy atom. The zero-order valence-corrected chi connectivity index (χ0v) is 13.7. The van der Waals surface area contributed by atoms with Crippen molar-refractivity contribution in [1.82, 2.24) is 5.32 Å². The lowest BCUT2D eigenvalue weighted by atomic mass is 10.1. The lowest BCUT2D eigenvalue weighted by Crippen LogP contribution is -2.38. The molecule has 1 aliphatic rings. The Bertz CT molecular complexity index is 433. The fourth-order valence-electron chi connectivity index (χ4n) is 3.18. The summed E-state index contributed by atoms with van der Waals surface area (Å²) in [4.78, 5) is 2.65. The zero-order chi connectivity index (χ0) is 14.8.